The Balaban J connectivity index is 2.35. The van der Waals surface area contributed by atoms with E-state index in [0.29, 0.717) is 16.7 Å². The Morgan fingerprint density at radius 1 is 1.24 bits per heavy atom. The number of benzene rings is 1. The summed E-state index contributed by atoms with van der Waals surface area (Å²) in [5.41, 5.74) is 6.72. The van der Waals surface area contributed by atoms with Crippen LogP contribution in [-0.4, -0.2) is 20.3 Å². The zero-order valence-corrected chi connectivity index (χ0v) is 12.3. The van der Waals surface area contributed by atoms with Crippen molar-refractivity contribution in [1.29, 1.82) is 5.41 Å². The van der Waals surface area contributed by atoms with Gasteiger partial charge in [-0.1, -0.05) is 12.1 Å². The van der Waals surface area contributed by atoms with Crippen molar-refractivity contribution in [2.75, 3.05) is 0 Å². The van der Waals surface area contributed by atoms with E-state index < -0.39 is 21.9 Å². The Labute approximate surface area is 125 Å². The van der Waals surface area contributed by atoms with Crippen LogP contribution in [0.25, 0.3) is 11.1 Å². The highest BCUT2D eigenvalue weighted by Crippen LogP contribution is 2.28. The molecule has 0 atom stereocenters. The second-order valence-corrected chi connectivity index (χ2v) is 6.85. The number of nitrogens with two attached hydrogens (primary N) is 2. The minimum Gasteiger partial charge on any atom is -0.370 e. The molecule has 1 heterocycles. The van der Waals surface area contributed by atoms with Gasteiger partial charge in [-0.05, 0) is 34.7 Å². The van der Waals surface area contributed by atoms with Crippen molar-refractivity contribution < 1.29 is 13.2 Å². The lowest BCUT2D eigenvalue weighted by atomic mass is 10.1. The van der Waals surface area contributed by atoms with Gasteiger partial charge in [0.15, 0.2) is 5.96 Å². The summed E-state index contributed by atoms with van der Waals surface area (Å²) in [5.74, 6) is -0.955. The highest BCUT2D eigenvalue weighted by molar-refractivity contribution is 7.91. The quantitative estimate of drug-likeness (QED) is 0.487. The molecular weight excluding hydrogens is 312 g/mol. The number of amides is 1. The van der Waals surface area contributed by atoms with Crippen molar-refractivity contribution in [1.82, 2.24) is 5.32 Å². The van der Waals surface area contributed by atoms with Crippen LogP contribution in [0.5, 0.6) is 0 Å². The Hall–Kier alpha value is -2.23. The number of rotatable bonds is 3. The van der Waals surface area contributed by atoms with E-state index in [0.717, 1.165) is 11.3 Å². The van der Waals surface area contributed by atoms with Gasteiger partial charge in [-0.2, -0.15) is 0 Å². The zero-order valence-electron chi connectivity index (χ0n) is 10.7. The normalized spacial score (nSPS) is 11.1. The first-order valence-electron chi connectivity index (χ1n) is 5.64. The number of carbonyl (C=O) groups excluding carboxylic acids is 1. The monoisotopic (exact) mass is 324 g/mol. The van der Waals surface area contributed by atoms with Crippen LogP contribution in [0.2, 0.25) is 0 Å². The molecule has 2 rings (SSSR count). The maximum Gasteiger partial charge on any atom is 0.257 e. The summed E-state index contributed by atoms with van der Waals surface area (Å²) in [6, 6.07) is 7.97. The number of hydrogen-bond donors (Lipinski definition) is 4. The van der Waals surface area contributed by atoms with Crippen LogP contribution in [-0.2, 0) is 10.0 Å². The fourth-order valence-corrected chi connectivity index (χ4v) is 3.27. The summed E-state index contributed by atoms with van der Waals surface area (Å²) in [5, 5.41) is 15.9. The predicted octanol–water partition coefficient (Wildman–Crippen LogP) is 0.686. The van der Waals surface area contributed by atoms with E-state index in [-0.39, 0.29) is 4.21 Å². The van der Waals surface area contributed by atoms with Gasteiger partial charge >= 0.3 is 0 Å². The molecule has 0 unspecified atom stereocenters. The molecule has 9 heteroatoms. The third-order valence-corrected chi connectivity index (χ3v) is 4.95. The van der Waals surface area contributed by atoms with Gasteiger partial charge in [-0.3, -0.25) is 15.5 Å². The number of primary sulfonamides is 1. The summed E-state index contributed by atoms with van der Waals surface area (Å²) in [7, 11) is -3.74. The van der Waals surface area contributed by atoms with Crippen molar-refractivity contribution in [3.05, 3.63) is 41.3 Å². The zero-order chi connectivity index (χ0) is 15.6. The fraction of sp³-hybridized carbons (Fsp3) is 0. The summed E-state index contributed by atoms with van der Waals surface area (Å²) in [4.78, 5) is 11.8. The van der Waals surface area contributed by atoms with Crippen LogP contribution in [0.15, 0.2) is 39.9 Å². The first kappa shape index (κ1) is 15.2. The van der Waals surface area contributed by atoms with Gasteiger partial charge in [0.05, 0.1) is 0 Å². The number of nitrogens with one attached hydrogen (secondary N) is 2. The Morgan fingerprint density at radius 3 is 2.52 bits per heavy atom. The molecule has 0 aliphatic carbocycles. The van der Waals surface area contributed by atoms with E-state index >= 15 is 0 Å². The van der Waals surface area contributed by atoms with Gasteiger partial charge in [-0.25, -0.2) is 13.6 Å². The third kappa shape index (κ3) is 3.66. The van der Waals surface area contributed by atoms with Gasteiger partial charge in [0.1, 0.15) is 4.21 Å². The van der Waals surface area contributed by atoms with E-state index in [1.54, 1.807) is 29.6 Å². The summed E-state index contributed by atoms with van der Waals surface area (Å²) in [6.45, 7) is 0. The molecule has 0 saturated heterocycles. The van der Waals surface area contributed by atoms with Crippen LogP contribution in [0.1, 0.15) is 10.4 Å². The molecule has 0 spiro atoms. The summed E-state index contributed by atoms with van der Waals surface area (Å²) in [6.07, 6.45) is 0. The SMILES string of the molecule is N=C(N)NC(=O)c1cccc(-c2csc(S(N)(=O)=O)c2)c1. The molecule has 2 aromatic rings. The Kier molecular flexibility index (Phi) is 4.07. The highest BCUT2D eigenvalue weighted by Gasteiger charge is 2.13. The molecule has 6 N–H and O–H groups in total. The van der Waals surface area contributed by atoms with Gasteiger partial charge in [0.2, 0.25) is 10.0 Å². The van der Waals surface area contributed by atoms with Crippen molar-refractivity contribution in [3.63, 3.8) is 0 Å². The van der Waals surface area contributed by atoms with Crippen molar-refractivity contribution in [3.8, 4) is 11.1 Å². The molecule has 1 aromatic heterocycles. The molecule has 0 fully saturated rings. The molecule has 7 nitrogen and oxygen atoms in total. The topological polar surface area (TPSA) is 139 Å². The Morgan fingerprint density at radius 2 is 1.95 bits per heavy atom. The minimum absolute atomic E-state index is 0.0519. The lowest BCUT2D eigenvalue weighted by Crippen LogP contribution is -2.35. The van der Waals surface area contributed by atoms with Crippen molar-refractivity contribution in [2.24, 2.45) is 10.9 Å². The average Bonchev–Trinajstić information content (AvgIpc) is 2.87. The van der Waals surface area contributed by atoms with E-state index in [9.17, 15) is 13.2 Å². The van der Waals surface area contributed by atoms with Crippen molar-refractivity contribution >= 4 is 33.2 Å². The molecule has 21 heavy (non-hydrogen) atoms. The molecule has 110 valence electrons. The molecule has 1 aromatic carbocycles. The maximum absolute atomic E-state index is 11.8. The minimum atomic E-state index is -3.74. The van der Waals surface area contributed by atoms with E-state index in [2.05, 4.69) is 5.32 Å². The van der Waals surface area contributed by atoms with Gasteiger partial charge in [-0.15, -0.1) is 11.3 Å². The first-order chi connectivity index (χ1) is 9.77. The molecule has 0 radical (unpaired) electrons. The van der Waals surface area contributed by atoms with Crippen LogP contribution >= 0.6 is 11.3 Å². The van der Waals surface area contributed by atoms with Crippen LogP contribution < -0.4 is 16.2 Å². The second kappa shape index (κ2) is 5.64. The Bertz CT molecular complexity index is 811. The predicted molar refractivity (Wildman–Crippen MR) is 80.5 cm³/mol. The largest absolute Gasteiger partial charge is 0.370 e. The molecule has 0 bridgehead atoms. The van der Waals surface area contributed by atoms with E-state index in [1.165, 1.54) is 6.07 Å². The van der Waals surface area contributed by atoms with Gasteiger partial charge in [0, 0.05) is 5.56 Å². The number of hydrogen-bond acceptors (Lipinski definition) is 5. The molecule has 0 aliphatic heterocycles. The number of guanidine groups is 1. The maximum atomic E-state index is 11.8. The van der Waals surface area contributed by atoms with Gasteiger partial charge in [0.25, 0.3) is 5.91 Å². The summed E-state index contributed by atoms with van der Waals surface area (Å²) >= 11 is 1.01. The number of sulfonamides is 1. The second-order valence-electron chi connectivity index (χ2n) is 4.15. The van der Waals surface area contributed by atoms with Gasteiger partial charge < -0.3 is 5.73 Å². The highest BCUT2D eigenvalue weighted by atomic mass is 32.2. The summed E-state index contributed by atoms with van der Waals surface area (Å²) < 4.78 is 22.6. The standard InChI is InChI=1S/C12H12N4O3S2/c13-12(14)16-11(17)8-3-1-2-7(4-8)9-5-10(20-6-9)21(15,18)19/h1-6H,(H2,15,18,19)(H4,13,14,16,17). The number of thiophene rings is 1. The third-order valence-electron chi connectivity index (χ3n) is 2.56. The van der Waals surface area contributed by atoms with Crippen LogP contribution in [0.4, 0.5) is 0 Å². The van der Waals surface area contributed by atoms with Crippen LogP contribution in [0.3, 0.4) is 0 Å². The smallest absolute Gasteiger partial charge is 0.257 e. The molecular formula is C12H12N4O3S2. The van der Waals surface area contributed by atoms with Crippen LogP contribution in [0, 0.1) is 5.41 Å². The fourth-order valence-electron chi connectivity index (χ4n) is 1.65. The average molecular weight is 324 g/mol. The van der Waals surface area contributed by atoms with E-state index in [1.807, 2.05) is 0 Å². The van der Waals surface area contributed by atoms with E-state index in [4.69, 9.17) is 16.3 Å². The lowest BCUT2D eigenvalue weighted by molar-refractivity contribution is 0.0976. The molecule has 1 amide bonds. The molecule has 0 saturated carbocycles. The lowest BCUT2D eigenvalue weighted by Gasteiger charge is -2.04. The first-order valence-corrected chi connectivity index (χ1v) is 8.07. The molecule has 0 aliphatic rings. The number of carbonyl (C=O) groups is 1. The van der Waals surface area contributed by atoms with Crippen molar-refractivity contribution in [2.45, 2.75) is 4.21 Å².